The van der Waals surface area contributed by atoms with Crippen molar-refractivity contribution in [3.8, 4) is 11.5 Å². The lowest BCUT2D eigenvalue weighted by molar-refractivity contribution is -0.121. The highest BCUT2D eigenvalue weighted by Gasteiger charge is 2.19. The van der Waals surface area contributed by atoms with Crippen LogP contribution in [0.5, 0.6) is 0 Å². The number of amides is 1. The molecule has 2 aromatic rings. The van der Waals surface area contributed by atoms with E-state index < -0.39 is 0 Å². The molecule has 0 bridgehead atoms. The van der Waals surface area contributed by atoms with Crippen LogP contribution >= 0.6 is 0 Å². The first-order valence-electron chi connectivity index (χ1n) is 7.08. The maximum absolute atomic E-state index is 13.1. The van der Waals surface area contributed by atoms with Crippen molar-refractivity contribution in [3.63, 3.8) is 0 Å². The molecule has 1 aromatic carbocycles. The minimum absolute atomic E-state index is 0.0544. The summed E-state index contributed by atoms with van der Waals surface area (Å²) in [5, 5.41) is 10.6. The summed E-state index contributed by atoms with van der Waals surface area (Å²) in [7, 11) is 0. The first kappa shape index (κ1) is 13.7. The molecule has 1 aliphatic carbocycles. The summed E-state index contributed by atoms with van der Waals surface area (Å²) in [6.07, 6.45) is 4.44. The SMILES string of the molecule is O=C(Cc1nnc(-c2cccc(F)c2)o1)NC1CCCC1. The molecule has 0 radical (unpaired) electrons. The van der Waals surface area contributed by atoms with Crippen LogP contribution in [-0.4, -0.2) is 22.1 Å². The largest absolute Gasteiger partial charge is 0.420 e. The molecule has 0 unspecified atom stereocenters. The number of hydrogen-bond donors (Lipinski definition) is 1. The fraction of sp³-hybridized carbons (Fsp3) is 0.400. The van der Waals surface area contributed by atoms with Crippen LogP contribution in [0.3, 0.4) is 0 Å². The van der Waals surface area contributed by atoms with Gasteiger partial charge in [-0.25, -0.2) is 4.39 Å². The average Bonchev–Trinajstić information content (AvgIpc) is 3.10. The van der Waals surface area contributed by atoms with Gasteiger partial charge in [0.05, 0.1) is 0 Å². The van der Waals surface area contributed by atoms with Crippen LogP contribution < -0.4 is 5.32 Å². The van der Waals surface area contributed by atoms with Gasteiger partial charge in [0.25, 0.3) is 0 Å². The van der Waals surface area contributed by atoms with Crippen molar-refractivity contribution in [3.05, 3.63) is 36.0 Å². The van der Waals surface area contributed by atoms with E-state index in [9.17, 15) is 9.18 Å². The fourth-order valence-corrected chi connectivity index (χ4v) is 2.55. The lowest BCUT2D eigenvalue weighted by atomic mass is 10.2. The molecular weight excluding hydrogens is 273 g/mol. The smallest absolute Gasteiger partial charge is 0.247 e. The Hall–Kier alpha value is -2.24. The fourth-order valence-electron chi connectivity index (χ4n) is 2.55. The van der Waals surface area contributed by atoms with E-state index in [0.29, 0.717) is 5.56 Å². The Morgan fingerprint density at radius 3 is 2.90 bits per heavy atom. The number of rotatable bonds is 4. The van der Waals surface area contributed by atoms with Gasteiger partial charge >= 0.3 is 0 Å². The molecule has 110 valence electrons. The molecule has 3 rings (SSSR count). The van der Waals surface area contributed by atoms with Gasteiger partial charge in [0.15, 0.2) is 0 Å². The Morgan fingerprint density at radius 1 is 1.33 bits per heavy atom. The van der Waals surface area contributed by atoms with Crippen molar-refractivity contribution >= 4 is 5.91 Å². The first-order valence-corrected chi connectivity index (χ1v) is 7.08. The van der Waals surface area contributed by atoms with Crippen LogP contribution in [0.25, 0.3) is 11.5 Å². The minimum atomic E-state index is -0.369. The highest BCUT2D eigenvalue weighted by molar-refractivity contribution is 5.78. The Labute approximate surface area is 121 Å². The maximum atomic E-state index is 13.1. The van der Waals surface area contributed by atoms with Gasteiger partial charge in [0.1, 0.15) is 12.2 Å². The van der Waals surface area contributed by atoms with Gasteiger partial charge in [-0.05, 0) is 31.0 Å². The number of carbonyl (C=O) groups excluding carboxylic acids is 1. The zero-order valence-electron chi connectivity index (χ0n) is 11.5. The molecule has 1 N–H and O–H groups in total. The van der Waals surface area contributed by atoms with Crippen LogP contribution in [0.15, 0.2) is 28.7 Å². The van der Waals surface area contributed by atoms with Gasteiger partial charge in [-0.3, -0.25) is 4.79 Å². The second kappa shape index (κ2) is 6.03. The average molecular weight is 289 g/mol. The number of nitrogens with zero attached hydrogens (tertiary/aromatic N) is 2. The maximum Gasteiger partial charge on any atom is 0.247 e. The molecule has 1 fully saturated rings. The minimum Gasteiger partial charge on any atom is -0.420 e. The number of carbonyl (C=O) groups is 1. The Morgan fingerprint density at radius 2 is 2.14 bits per heavy atom. The van der Waals surface area contributed by atoms with Crippen molar-refractivity contribution in [2.75, 3.05) is 0 Å². The van der Waals surface area contributed by atoms with Gasteiger partial charge in [-0.2, -0.15) is 0 Å². The number of hydrogen-bond acceptors (Lipinski definition) is 4. The molecule has 1 aliphatic rings. The van der Waals surface area contributed by atoms with E-state index in [1.54, 1.807) is 12.1 Å². The number of halogens is 1. The molecular formula is C15H16FN3O2. The quantitative estimate of drug-likeness (QED) is 0.939. The van der Waals surface area contributed by atoms with Crippen LogP contribution in [0.2, 0.25) is 0 Å². The first-order chi connectivity index (χ1) is 10.2. The van der Waals surface area contributed by atoms with Crippen LogP contribution in [0, 0.1) is 5.82 Å². The van der Waals surface area contributed by atoms with Crippen molar-refractivity contribution in [1.82, 2.24) is 15.5 Å². The summed E-state index contributed by atoms with van der Waals surface area (Å²) in [6.45, 7) is 0. The molecule has 6 heteroatoms. The molecule has 0 saturated heterocycles. The summed E-state index contributed by atoms with van der Waals surface area (Å²) in [5.74, 6) is -0.0227. The van der Waals surface area contributed by atoms with Gasteiger partial charge in [-0.1, -0.05) is 18.9 Å². The van der Waals surface area contributed by atoms with E-state index in [0.717, 1.165) is 25.7 Å². The second-order valence-corrected chi connectivity index (χ2v) is 5.24. The summed E-state index contributed by atoms with van der Waals surface area (Å²) in [5.41, 5.74) is 0.505. The van der Waals surface area contributed by atoms with Crippen molar-refractivity contribution in [2.24, 2.45) is 0 Å². The van der Waals surface area contributed by atoms with E-state index in [1.165, 1.54) is 12.1 Å². The normalized spacial score (nSPS) is 15.3. The standard InChI is InChI=1S/C15H16FN3O2/c16-11-5-3-4-10(8-11)15-19-18-14(21-15)9-13(20)17-12-6-1-2-7-12/h3-5,8,12H,1-2,6-7,9H2,(H,17,20). The molecule has 1 saturated carbocycles. The summed E-state index contributed by atoms with van der Waals surface area (Å²) >= 11 is 0. The van der Waals surface area contributed by atoms with Gasteiger partial charge in [-0.15, -0.1) is 10.2 Å². The molecule has 21 heavy (non-hydrogen) atoms. The van der Waals surface area contributed by atoms with E-state index in [-0.39, 0.29) is 36.0 Å². The topological polar surface area (TPSA) is 68.0 Å². The number of benzene rings is 1. The monoisotopic (exact) mass is 289 g/mol. The van der Waals surface area contributed by atoms with Crippen molar-refractivity contribution in [1.29, 1.82) is 0 Å². The Bertz CT molecular complexity index is 635. The summed E-state index contributed by atoms with van der Waals surface area (Å²) in [4.78, 5) is 11.9. The molecule has 0 atom stereocenters. The van der Waals surface area contributed by atoms with Crippen molar-refractivity contribution in [2.45, 2.75) is 38.1 Å². The molecule has 0 spiro atoms. The predicted molar refractivity (Wildman–Crippen MR) is 73.8 cm³/mol. The van der Waals surface area contributed by atoms with E-state index in [4.69, 9.17) is 4.42 Å². The van der Waals surface area contributed by atoms with Gasteiger partial charge in [0.2, 0.25) is 17.7 Å². The summed E-state index contributed by atoms with van der Waals surface area (Å²) in [6, 6.07) is 6.18. The molecule has 1 aromatic heterocycles. The van der Waals surface area contributed by atoms with Crippen LogP contribution in [0.4, 0.5) is 4.39 Å². The summed E-state index contributed by atoms with van der Waals surface area (Å²) < 4.78 is 18.6. The van der Waals surface area contributed by atoms with Crippen LogP contribution in [-0.2, 0) is 11.2 Å². The van der Waals surface area contributed by atoms with Gasteiger partial charge < -0.3 is 9.73 Å². The molecule has 1 amide bonds. The highest BCUT2D eigenvalue weighted by Crippen LogP contribution is 2.19. The van der Waals surface area contributed by atoms with E-state index in [1.807, 2.05) is 0 Å². The molecule has 1 heterocycles. The molecule has 5 nitrogen and oxygen atoms in total. The second-order valence-electron chi connectivity index (χ2n) is 5.24. The Balaban J connectivity index is 1.63. The lowest BCUT2D eigenvalue weighted by Crippen LogP contribution is -2.33. The Kier molecular flexibility index (Phi) is 3.94. The lowest BCUT2D eigenvalue weighted by Gasteiger charge is -2.10. The number of nitrogens with one attached hydrogen (secondary N) is 1. The van der Waals surface area contributed by atoms with E-state index in [2.05, 4.69) is 15.5 Å². The number of aromatic nitrogens is 2. The predicted octanol–water partition coefficient (Wildman–Crippen LogP) is 2.48. The highest BCUT2D eigenvalue weighted by atomic mass is 19.1. The van der Waals surface area contributed by atoms with E-state index >= 15 is 0 Å². The third-order valence-corrected chi connectivity index (χ3v) is 3.57. The van der Waals surface area contributed by atoms with Gasteiger partial charge in [0, 0.05) is 11.6 Å². The zero-order valence-corrected chi connectivity index (χ0v) is 11.5. The van der Waals surface area contributed by atoms with Crippen LogP contribution in [0.1, 0.15) is 31.6 Å². The van der Waals surface area contributed by atoms with Crippen molar-refractivity contribution < 1.29 is 13.6 Å². The molecule has 0 aliphatic heterocycles. The third kappa shape index (κ3) is 3.45. The zero-order chi connectivity index (χ0) is 14.7. The third-order valence-electron chi connectivity index (χ3n) is 3.57.